The van der Waals surface area contributed by atoms with Crippen molar-refractivity contribution in [1.82, 2.24) is 15.1 Å². The van der Waals surface area contributed by atoms with E-state index in [1.807, 2.05) is 4.90 Å². The van der Waals surface area contributed by atoms with Crippen LogP contribution < -0.4 is 0 Å². The molecule has 0 bridgehead atoms. The molecule has 0 aromatic carbocycles. The molecule has 0 radical (unpaired) electrons. The summed E-state index contributed by atoms with van der Waals surface area (Å²) in [6, 6.07) is 0. The maximum absolute atomic E-state index is 12.5. The fraction of sp³-hybridized carbons (Fsp3) is 0.800. The topological polar surface area (TPSA) is 59.2 Å². The van der Waals surface area contributed by atoms with Crippen molar-refractivity contribution in [2.24, 2.45) is 5.92 Å². The van der Waals surface area contributed by atoms with Crippen LogP contribution in [0.5, 0.6) is 0 Å². The number of nitrogens with zero attached hydrogens (tertiary/aromatic N) is 3. The molecule has 1 saturated heterocycles. The van der Waals surface area contributed by atoms with Gasteiger partial charge in [0, 0.05) is 25.4 Å². The van der Waals surface area contributed by atoms with Crippen LogP contribution in [0.25, 0.3) is 0 Å². The molecule has 1 aliphatic carbocycles. The lowest BCUT2D eigenvalue weighted by Crippen LogP contribution is -2.38. The summed E-state index contributed by atoms with van der Waals surface area (Å²) >= 11 is 0. The summed E-state index contributed by atoms with van der Waals surface area (Å²) in [4.78, 5) is 14.1. The molecule has 1 aromatic rings. The van der Waals surface area contributed by atoms with E-state index in [2.05, 4.69) is 10.2 Å². The number of carbonyl (C=O) groups excluding carboxylic acids is 1. The van der Waals surface area contributed by atoms with Crippen molar-refractivity contribution in [1.29, 1.82) is 0 Å². The molecule has 0 spiro atoms. The minimum Gasteiger partial charge on any atom is -0.417 e. The van der Waals surface area contributed by atoms with Gasteiger partial charge in [-0.2, -0.15) is 13.2 Å². The molecular formula is C15H20F3N3O2. The highest BCUT2D eigenvalue weighted by Crippen LogP contribution is 2.33. The van der Waals surface area contributed by atoms with Crippen LogP contribution in [0.15, 0.2) is 4.42 Å². The minimum atomic E-state index is -4.61. The largest absolute Gasteiger partial charge is 0.470 e. The summed E-state index contributed by atoms with van der Waals surface area (Å²) < 4.78 is 42.2. The van der Waals surface area contributed by atoms with Crippen molar-refractivity contribution in [2.75, 3.05) is 13.1 Å². The van der Waals surface area contributed by atoms with E-state index in [4.69, 9.17) is 4.42 Å². The van der Waals surface area contributed by atoms with Gasteiger partial charge in [-0.25, -0.2) is 0 Å². The van der Waals surface area contributed by atoms with E-state index in [1.165, 1.54) is 12.8 Å². The zero-order chi connectivity index (χ0) is 16.4. The fourth-order valence-electron chi connectivity index (χ4n) is 3.48. The fourth-order valence-corrected chi connectivity index (χ4v) is 3.48. The number of piperidine rings is 1. The Morgan fingerprint density at radius 1 is 1.13 bits per heavy atom. The van der Waals surface area contributed by atoms with E-state index in [-0.39, 0.29) is 17.7 Å². The van der Waals surface area contributed by atoms with E-state index in [9.17, 15) is 18.0 Å². The molecule has 1 amide bonds. The van der Waals surface area contributed by atoms with Gasteiger partial charge in [0.2, 0.25) is 11.8 Å². The first-order valence-electron chi connectivity index (χ1n) is 8.12. The Morgan fingerprint density at radius 2 is 1.78 bits per heavy atom. The van der Waals surface area contributed by atoms with Gasteiger partial charge in [-0.05, 0) is 31.6 Å². The number of rotatable bonds is 3. The number of likely N-dealkylation sites (tertiary alicyclic amines) is 1. The lowest BCUT2D eigenvalue weighted by atomic mass is 9.95. The van der Waals surface area contributed by atoms with Gasteiger partial charge >= 0.3 is 12.1 Å². The molecule has 1 aromatic heterocycles. The molecule has 128 valence electrons. The van der Waals surface area contributed by atoms with Gasteiger partial charge in [0.15, 0.2) is 0 Å². The van der Waals surface area contributed by atoms with Crippen molar-refractivity contribution in [2.45, 2.75) is 57.0 Å². The van der Waals surface area contributed by atoms with E-state index in [1.54, 1.807) is 0 Å². The summed E-state index contributed by atoms with van der Waals surface area (Å²) in [7, 11) is 0. The second-order valence-corrected chi connectivity index (χ2v) is 6.45. The molecule has 2 fully saturated rings. The number of hydrogen-bond acceptors (Lipinski definition) is 4. The van der Waals surface area contributed by atoms with Crippen LogP contribution in [0.1, 0.15) is 62.6 Å². The quantitative estimate of drug-likeness (QED) is 0.852. The van der Waals surface area contributed by atoms with Crippen LogP contribution in [0.2, 0.25) is 0 Å². The van der Waals surface area contributed by atoms with Crippen LogP contribution in [-0.2, 0) is 11.0 Å². The summed E-state index contributed by atoms with van der Waals surface area (Å²) in [5.74, 6) is -0.802. The number of carbonyl (C=O) groups is 1. The molecule has 23 heavy (non-hydrogen) atoms. The van der Waals surface area contributed by atoms with E-state index in [0.717, 1.165) is 12.8 Å². The number of hydrogen-bond donors (Lipinski definition) is 0. The molecule has 3 rings (SSSR count). The first-order chi connectivity index (χ1) is 10.9. The molecule has 0 N–H and O–H groups in total. The van der Waals surface area contributed by atoms with E-state index in [0.29, 0.717) is 38.3 Å². The number of amides is 1. The Balaban J connectivity index is 1.51. The highest BCUT2D eigenvalue weighted by molar-refractivity contribution is 5.76. The van der Waals surface area contributed by atoms with Crippen LogP contribution >= 0.6 is 0 Å². The zero-order valence-electron chi connectivity index (χ0n) is 12.8. The molecule has 5 nitrogen and oxygen atoms in total. The van der Waals surface area contributed by atoms with E-state index < -0.39 is 12.1 Å². The summed E-state index contributed by atoms with van der Waals surface area (Å²) in [6.45, 7) is 1.08. The molecule has 0 unspecified atom stereocenters. The third-order valence-corrected chi connectivity index (χ3v) is 4.82. The zero-order valence-corrected chi connectivity index (χ0v) is 12.8. The average Bonchev–Trinajstić information content (AvgIpc) is 3.18. The molecule has 1 aliphatic heterocycles. The first kappa shape index (κ1) is 16.3. The molecule has 2 heterocycles. The van der Waals surface area contributed by atoms with Gasteiger partial charge in [0.05, 0.1) is 0 Å². The van der Waals surface area contributed by atoms with Crippen LogP contribution in [0.4, 0.5) is 13.2 Å². The van der Waals surface area contributed by atoms with Crippen molar-refractivity contribution < 1.29 is 22.4 Å². The van der Waals surface area contributed by atoms with Crippen LogP contribution in [-0.4, -0.2) is 34.1 Å². The predicted octanol–water partition coefficient (Wildman–Crippen LogP) is 3.37. The predicted molar refractivity (Wildman–Crippen MR) is 74.4 cm³/mol. The summed E-state index contributed by atoms with van der Waals surface area (Å²) in [5.41, 5.74) is 0. The summed E-state index contributed by atoms with van der Waals surface area (Å²) in [6.07, 6.45) is 1.80. The molecule has 2 aliphatic rings. The van der Waals surface area contributed by atoms with Crippen molar-refractivity contribution in [3.05, 3.63) is 11.8 Å². The Hall–Kier alpha value is -1.60. The number of alkyl halides is 3. The smallest absolute Gasteiger partial charge is 0.417 e. The summed E-state index contributed by atoms with van der Waals surface area (Å²) in [5, 5.41) is 6.58. The van der Waals surface area contributed by atoms with Crippen molar-refractivity contribution >= 4 is 5.91 Å². The molecule has 8 heteroatoms. The normalized spacial score (nSPS) is 21.1. The molecule has 0 atom stereocenters. The van der Waals surface area contributed by atoms with Crippen molar-refractivity contribution in [3.63, 3.8) is 0 Å². The highest BCUT2D eigenvalue weighted by atomic mass is 19.4. The Kier molecular flexibility index (Phi) is 4.59. The van der Waals surface area contributed by atoms with Gasteiger partial charge in [-0.3, -0.25) is 4.79 Å². The molecule has 1 saturated carbocycles. The maximum Gasteiger partial charge on any atom is 0.470 e. The highest BCUT2D eigenvalue weighted by Gasteiger charge is 2.39. The van der Waals surface area contributed by atoms with Gasteiger partial charge in [-0.1, -0.05) is 12.8 Å². The maximum atomic E-state index is 12.5. The second kappa shape index (κ2) is 6.49. The Morgan fingerprint density at radius 3 is 2.35 bits per heavy atom. The van der Waals surface area contributed by atoms with Crippen LogP contribution in [0.3, 0.4) is 0 Å². The van der Waals surface area contributed by atoms with Gasteiger partial charge < -0.3 is 9.32 Å². The second-order valence-electron chi connectivity index (χ2n) is 6.45. The minimum absolute atomic E-state index is 0.0280. The first-order valence-corrected chi connectivity index (χ1v) is 8.12. The average molecular weight is 331 g/mol. The van der Waals surface area contributed by atoms with Crippen LogP contribution in [0, 0.1) is 5.92 Å². The monoisotopic (exact) mass is 331 g/mol. The van der Waals surface area contributed by atoms with Gasteiger partial charge in [-0.15, -0.1) is 10.2 Å². The number of halogens is 3. The molecular weight excluding hydrogens is 311 g/mol. The third-order valence-electron chi connectivity index (χ3n) is 4.82. The lowest BCUT2D eigenvalue weighted by Gasteiger charge is -2.31. The number of aromatic nitrogens is 2. The third kappa shape index (κ3) is 3.84. The standard InChI is InChI=1S/C15H20F3N3O2/c16-15(17,18)14-20-19-13(23-14)11-5-7-21(8-6-11)12(22)9-10-3-1-2-4-10/h10-11H,1-9H2. The van der Waals surface area contributed by atoms with E-state index >= 15 is 0 Å². The van der Waals surface area contributed by atoms with Gasteiger partial charge in [0.25, 0.3) is 0 Å². The Bertz CT molecular complexity index is 544. The van der Waals surface area contributed by atoms with Gasteiger partial charge in [0.1, 0.15) is 0 Å². The van der Waals surface area contributed by atoms with Crippen molar-refractivity contribution in [3.8, 4) is 0 Å². The Labute approximate surface area is 132 Å². The lowest BCUT2D eigenvalue weighted by molar-refractivity contribution is -0.157. The SMILES string of the molecule is O=C(CC1CCCC1)N1CCC(c2nnc(C(F)(F)F)o2)CC1.